The Labute approximate surface area is 185 Å². The Morgan fingerprint density at radius 1 is 1.09 bits per heavy atom. The summed E-state index contributed by atoms with van der Waals surface area (Å²) in [5.74, 6) is -1.31. The van der Waals surface area contributed by atoms with Gasteiger partial charge in [0.2, 0.25) is 11.8 Å². The second-order valence-corrected chi connectivity index (χ2v) is 7.04. The van der Waals surface area contributed by atoms with Gasteiger partial charge < -0.3 is 20.9 Å². The van der Waals surface area contributed by atoms with Crippen LogP contribution in [0.4, 0.5) is 5.69 Å². The fraction of sp³-hybridized carbons (Fsp3) is 0.167. The van der Waals surface area contributed by atoms with E-state index in [1.165, 1.54) is 6.08 Å². The Balaban J connectivity index is 1.74. The van der Waals surface area contributed by atoms with Gasteiger partial charge in [-0.2, -0.15) is 5.26 Å². The number of nitrogens with one attached hydrogen (secondary N) is 2. The molecule has 8 nitrogen and oxygen atoms in total. The molecule has 3 aromatic rings. The summed E-state index contributed by atoms with van der Waals surface area (Å²) in [5.41, 5.74) is 7.56. The third kappa shape index (κ3) is 5.61. The smallest absolute Gasteiger partial charge is 0.253 e. The minimum atomic E-state index is -0.508. The fourth-order valence-corrected chi connectivity index (χ4v) is 3.29. The zero-order valence-electron chi connectivity index (χ0n) is 17.4. The number of hydrogen-bond donors (Lipinski definition) is 3. The molecule has 0 aliphatic carbocycles. The van der Waals surface area contributed by atoms with E-state index in [0.717, 1.165) is 16.5 Å². The van der Waals surface area contributed by atoms with Crippen molar-refractivity contribution in [3.05, 3.63) is 71.9 Å². The topological polar surface area (TPSA) is 130 Å². The van der Waals surface area contributed by atoms with Crippen molar-refractivity contribution < 1.29 is 14.4 Å². The largest absolute Gasteiger partial charge is 0.370 e. The summed E-state index contributed by atoms with van der Waals surface area (Å²) in [6.07, 6.45) is 5.44. The Kier molecular flexibility index (Phi) is 7.38. The van der Waals surface area contributed by atoms with Gasteiger partial charge in [-0.3, -0.25) is 14.4 Å². The lowest BCUT2D eigenvalue weighted by atomic mass is 10.1. The van der Waals surface area contributed by atoms with Crippen LogP contribution in [0.2, 0.25) is 0 Å². The number of nitriles is 1. The second-order valence-electron chi connectivity index (χ2n) is 7.04. The molecule has 0 spiro atoms. The lowest BCUT2D eigenvalue weighted by Gasteiger charge is -2.10. The van der Waals surface area contributed by atoms with Crippen LogP contribution < -0.4 is 16.4 Å². The lowest BCUT2D eigenvalue weighted by Crippen LogP contribution is -2.28. The number of anilines is 1. The molecule has 0 saturated carbocycles. The Morgan fingerprint density at radius 3 is 2.62 bits per heavy atom. The van der Waals surface area contributed by atoms with Gasteiger partial charge in [0.1, 0.15) is 0 Å². The maximum Gasteiger partial charge on any atom is 0.253 e. The summed E-state index contributed by atoms with van der Waals surface area (Å²) in [5, 5.41) is 15.2. The molecule has 32 heavy (non-hydrogen) atoms. The minimum Gasteiger partial charge on any atom is -0.370 e. The zero-order valence-corrected chi connectivity index (χ0v) is 17.4. The molecule has 3 amide bonds. The quantitative estimate of drug-likeness (QED) is 0.452. The first-order valence-corrected chi connectivity index (χ1v) is 10.1. The third-order valence-corrected chi connectivity index (χ3v) is 4.78. The maximum atomic E-state index is 12.5. The first kappa shape index (κ1) is 22.3. The van der Waals surface area contributed by atoms with E-state index in [1.807, 2.05) is 35.0 Å². The van der Waals surface area contributed by atoms with Crippen LogP contribution in [0.25, 0.3) is 17.0 Å². The molecule has 0 aliphatic heterocycles. The number of nitrogens with zero attached hydrogens (tertiary/aromatic N) is 2. The highest BCUT2D eigenvalue weighted by molar-refractivity contribution is 6.08. The van der Waals surface area contributed by atoms with Crippen LogP contribution in [0.5, 0.6) is 0 Å². The molecule has 1 heterocycles. The van der Waals surface area contributed by atoms with Gasteiger partial charge in [-0.1, -0.05) is 30.3 Å². The number of carbonyl (C=O) groups is 3. The molecule has 1 aromatic heterocycles. The van der Waals surface area contributed by atoms with Crippen LogP contribution >= 0.6 is 0 Å². The molecule has 0 saturated heterocycles. The Bertz CT molecular complexity index is 1220. The van der Waals surface area contributed by atoms with Gasteiger partial charge >= 0.3 is 0 Å². The minimum absolute atomic E-state index is 0.0327. The number of para-hydroxylation sites is 2. The van der Waals surface area contributed by atoms with Crippen LogP contribution in [-0.4, -0.2) is 28.8 Å². The number of fused-ring (bicyclic) bond motifs is 1. The Morgan fingerprint density at radius 2 is 1.84 bits per heavy atom. The van der Waals surface area contributed by atoms with Crippen LogP contribution in [0.15, 0.2) is 60.8 Å². The van der Waals surface area contributed by atoms with E-state index >= 15 is 0 Å². The van der Waals surface area contributed by atoms with Crippen molar-refractivity contribution in [1.82, 2.24) is 9.88 Å². The number of aromatic nitrogens is 1. The van der Waals surface area contributed by atoms with Gasteiger partial charge in [0.15, 0.2) is 0 Å². The summed E-state index contributed by atoms with van der Waals surface area (Å²) in [7, 11) is 0. The van der Waals surface area contributed by atoms with Gasteiger partial charge in [0.05, 0.1) is 23.7 Å². The average molecular weight is 429 g/mol. The summed E-state index contributed by atoms with van der Waals surface area (Å²) in [6.45, 7) is 0.682. The zero-order chi connectivity index (χ0) is 22.9. The van der Waals surface area contributed by atoms with Crippen LogP contribution in [-0.2, 0) is 16.1 Å². The molecule has 8 heteroatoms. The van der Waals surface area contributed by atoms with Crippen molar-refractivity contribution in [3.8, 4) is 6.07 Å². The average Bonchev–Trinajstić information content (AvgIpc) is 3.14. The molecule has 2 aromatic carbocycles. The number of hydrogen-bond acceptors (Lipinski definition) is 4. The molecule has 162 valence electrons. The van der Waals surface area contributed by atoms with Crippen molar-refractivity contribution in [2.45, 2.75) is 19.4 Å². The van der Waals surface area contributed by atoms with E-state index in [1.54, 1.807) is 30.3 Å². The number of benzene rings is 2. The summed E-state index contributed by atoms with van der Waals surface area (Å²) >= 11 is 0. The van der Waals surface area contributed by atoms with E-state index in [-0.39, 0.29) is 18.5 Å². The highest BCUT2D eigenvalue weighted by Crippen LogP contribution is 2.23. The van der Waals surface area contributed by atoms with Crippen LogP contribution in [0.1, 0.15) is 28.8 Å². The van der Waals surface area contributed by atoms with Gasteiger partial charge in [-0.05, 0) is 24.3 Å². The normalized spacial score (nSPS) is 10.7. The van der Waals surface area contributed by atoms with E-state index in [2.05, 4.69) is 16.7 Å². The molecule has 0 radical (unpaired) electrons. The monoisotopic (exact) mass is 429 g/mol. The van der Waals surface area contributed by atoms with Crippen molar-refractivity contribution in [1.29, 1.82) is 5.26 Å². The maximum absolute atomic E-state index is 12.5. The lowest BCUT2D eigenvalue weighted by molar-refractivity contribution is -0.118. The predicted molar refractivity (Wildman–Crippen MR) is 122 cm³/mol. The number of nitrogens with two attached hydrogens (primary N) is 1. The van der Waals surface area contributed by atoms with E-state index in [4.69, 9.17) is 11.0 Å². The van der Waals surface area contributed by atoms with Gasteiger partial charge in [-0.15, -0.1) is 0 Å². The molecule has 0 aliphatic rings. The number of carbonyl (C=O) groups excluding carboxylic acids is 3. The molecule has 3 rings (SSSR count). The van der Waals surface area contributed by atoms with Crippen molar-refractivity contribution in [2.75, 3.05) is 11.9 Å². The molecule has 0 fully saturated rings. The third-order valence-electron chi connectivity index (χ3n) is 4.78. The summed E-state index contributed by atoms with van der Waals surface area (Å²) in [6, 6.07) is 16.5. The first-order valence-electron chi connectivity index (χ1n) is 10.1. The highest BCUT2D eigenvalue weighted by Gasteiger charge is 2.12. The predicted octanol–water partition coefficient (Wildman–Crippen LogP) is 2.81. The number of rotatable bonds is 9. The first-order chi connectivity index (χ1) is 15.5. The molecule has 0 unspecified atom stereocenters. The van der Waals surface area contributed by atoms with E-state index < -0.39 is 17.7 Å². The van der Waals surface area contributed by atoms with Gasteiger partial charge in [0.25, 0.3) is 5.91 Å². The standard InChI is InChI=1S/C24H23N5O3/c25-13-5-15-29-16-17(18-6-2-4-9-21(18)29)10-11-23(31)28-20-8-3-1-7-19(20)24(32)27-14-12-22(26)30/h1-4,6-11,16H,5,12,14-15H2,(H2,26,30)(H,27,32)(H,28,31)/b11-10+. The van der Waals surface area contributed by atoms with Crippen LogP contribution in [0.3, 0.4) is 0 Å². The number of amides is 3. The van der Waals surface area contributed by atoms with Crippen molar-refractivity contribution >= 4 is 40.4 Å². The summed E-state index contributed by atoms with van der Waals surface area (Å²) < 4.78 is 1.99. The second kappa shape index (κ2) is 10.6. The number of primary amides is 1. The molecular weight excluding hydrogens is 406 g/mol. The van der Waals surface area contributed by atoms with Crippen LogP contribution in [0, 0.1) is 11.3 Å². The van der Waals surface area contributed by atoms with Crippen molar-refractivity contribution in [2.24, 2.45) is 5.73 Å². The summed E-state index contributed by atoms with van der Waals surface area (Å²) in [4.78, 5) is 35.8. The highest BCUT2D eigenvalue weighted by atomic mass is 16.2. The van der Waals surface area contributed by atoms with Gasteiger partial charge in [0, 0.05) is 48.2 Å². The molecule has 0 bridgehead atoms. The SMILES string of the molecule is N#CCCn1cc(/C=C/C(=O)Nc2ccccc2C(=O)NCCC(N)=O)c2ccccc21. The molecular formula is C24H23N5O3. The van der Waals surface area contributed by atoms with Crippen molar-refractivity contribution in [3.63, 3.8) is 0 Å². The number of aryl methyl sites for hydroxylation is 1. The molecule has 4 N–H and O–H groups in total. The van der Waals surface area contributed by atoms with E-state index in [9.17, 15) is 14.4 Å². The van der Waals surface area contributed by atoms with E-state index in [0.29, 0.717) is 18.7 Å². The Hall–Kier alpha value is -4.38. The fourth-order valence-electron chi connectivity index (χ4n) is 3.29. The molecule has 0 atom stereocenters. The van der Waals surface area contributed by atoms with Gasteiger partial charge in [-0.25, -0.2) is 0 Å².